The summed E-state index contributed by atoms with van der Waals surface area (Å²) in [4.78, 5) is 5.87. The van der Waals surface area contributed by atoms with Crippen LogP contribution in [0.2, 0.25) is 0 Å². The van der Waals surface area contributed by atoms with E-state index in [-0.39, 0.29) is 0 Å². The van der Waals surface area contributed by atoms with E-state index in [0.717, 1.165) is 13.0 Å². The lowest BCUT2D eigenvalue weighted by Crippen LogP contribution is -2.21. The van der Waals surface area contributed by atoms with E-state index >= 15 is 0 Å². The lowest BCUT2D eigenvalue weighted by Gasteiger charge is -2.34. The van der Waals surface area contributed by atoms with Crippen LogP contribution in [0.4, 0.5) is 11.4 Å². The van der Waals surface area contributed by atoms with Crippen LogP contribution in [0.15, 0.2) is 52.3 Å². The Balaban J connectivity index is 1.91. The van der Waals surface area contributed by atoms with Crippen LogP contribution in [-0.2, 0) is 6.42 Å². The van der Waals surface area contributed by atoms with Crippen molar-refractivity contribution in [2.24, 2.45) is 0 Å². The van der Waals surface area contributed by atoms with E-state index in [1.807, 2.05) is 11.8 Å². The molecule has 0 saturated heterocycles. The van der Waals surface area contributed by atoms with Crippen LogP contribution in [0, 0.1) is 0 Å². The molecule has 23 heavy (non-hydrogen) atoms. The first-order valence-corrected chi connectivity index (χ1v) is 10.3. The van der Waals surface area contributed by atoms with Gasteiger partial charge in [-0.15, -0.1) is 0 Å². The van der Waals surface area contributed by atoms with E-state index in [4.69, 9.17) is 0 Å². The Morgan fingerprint density at radius 3 is 2.57 bits per heavy atom. The van der Waals surface area contributed by atoms with Crippen LogP contribution in [0.1, 0.15) is 38.7 Å². The molecule has 1 unspecified atom stereocenters. The van der Waals surface area contributed by atoms with Gasteiger partial charge in [0.15, 0.2) is 0 Å². The van der Waals surface area contributed by atoms with Crippen molar-refractivity contribution in [3.05, 3.63) is 48.0 Å². The van der Waals surface area contributed by atoms with Crippen LogP contribution < -0.4 is 4.90 Å². The van der Waals surface area contributed by atoms with Gasteiger partial charge in [0.1, 0.15) is 0 Å². The molecule has 1 aliphatic rings. The summed E-state index contributed by atoms with van der Waals surface area (Å²) in [6.45, 7) is 5.51. The van der Waals surface area contributed by atoms with Gasteiger partial charge in [0, 0.05) is 21.2 Å². The van der Waals surface area contributed by atoms with Crippen LogP contribution in [0.25, 0.3) is 0 Å². The second-order valence-corrected chi connectivity index (χ2v) is 8.38. The van der Waals surface area contributed by atoms with Gasteiger partial charge >= 0.3 is 0 Å². The Morgan fingerprint density at radius 1 is 1.00 bits per heavy atom. The Labute approximate surface area is 152 Å². The largest absolute Gasteiger partial charge is 0.340 e. The van der Waals surface area contributed by atoms with Gasteiger partial charge in [-0.3, -0.25) is 0 Å². The third-order valence-corrected chi connectivity index (χ3v) is 6.40. The quantitative estimate of drug-likeness (QED) is 0.499. The van der Waals surface area contributed by atoms with Crippen molar-refractivity contribution in [3.8, 4) is 0 Å². The average molecular weight is 390 g/mol. The number of halogens is 1. The molecular formula is C20H24BrNS. The lowest BCUT2D eigenvalue weighted by molar-refractivity contribution is 0.692. The monoisotopic (exact) mass is 389 g/mol. The van der Waals surface area contributed by atoms with Crippen molar-refractivity contribution >= 4 is 39.1 Å². The molecule has 0 N–H and O–H groups in total. The maximum atomic E-state index is 3.83. The highest BCUT2D eigenvalue weighted by molar-refractivity contribution is 9.09. The zero-order valence-electron chi connectivity index (χ0n) is 13.9. The normalized spacial score (nSPS) is 14.3. The first-order valence-electron chi connectivity index (χ1n) is 8.55. The van der Waals surface area contributed by atoms with Crippen LogP contribution in [0.5, 0.6) is 0 Å². The first-order chi connectivity index (χ1) is 11.2. The second kappa shape index (κ2) is 7.76. The summed E-state index contributed by atoms with van der Waals surface area (Å²) in [6, 6.07) is 15.5. The van der Waals surface area contributed by atoms with Gasteiger partial charge in [-0.1, -0.05) is 65.3 Å². The highest BCUT2D eigenvalue weighted by Gasteiger charge is 2.24. The number of anilines is 2. The Bertz CT molecular complexity index is 670. The second-order valence-electron chi connectivity index (χ2n) is 6.00. The molecule has 0 spiro atoms. The molecule has 0 amide bonds. The van der Waals surface area contributed by atoms with E-state index in [1.54, 1.807) is 0 Å². The van der Waals surface area contributed by atoms with Crippen LogP contribution in [0.3, 0.4) is 0 Å². The zero-order valence-corrected chi connectivity index (χ0v) is 16.3. The number of nitrogens with zero attached hydrogens (tertiary/aromatic N) is 1. The van der Waals surface area contributed by atoms with Gasteiger partial charge in [0.2, 0.25) is 0 Å². The minimum absolute atomic E-state index is 0.627. The molecule has 1 aliphatic heterocycles. The fourth-order valence-corrected chi connectivity index (χ4v) is 5.10. The standard InChI is InChI=1S/C20H24BrNS/c1-3-8-16(21)14-13-15-9-7-12-19-20(15)22(4-2)17-10-5-6-11-18(17)23-19/h5-7,9-12,16H,3-4,8,13-14H2,1-2H3. The summed E-state index contributed by atoms with van der Waals surface area (Å²) in [7, 11) is 0. The van der Waals surface area contributed by atoms with Crippen molar-refractivity contribution in [2.75, 3.05) is 11.4 Å². The van der Waals surface area contributed by atoms with Crippen LogP contribution >= 0.6 is 27.7 Å². The molecule has 1 atom stereocenters. The summed E-state index contributed by atoms with van der Waals surface area (Å²) < 4.78 is 0. The summed E-state index contributed by atoms with van der Waals surface area (Å²) in [5, 5.41) is 0. The van der Waals surface area contributed by atoms with Gasteiger partial charge in [-0.05, 0) is 49.9 Å². The summed E-state index contributed by atoms with van der Waals surface area (Å²) in [5.74, 6) is 0. The number of hydrogen-bond acceptors (Lipinski definition) is 2. The number of benzene rings is 2. The first kappa shape index (κ1) is 16.9. The predicted molar refractivity (Wildman–Crippen MR) is 106 cm³/mol. The number of hydrogen-bond donors (Lipinski definition) is 0. The van der Waals surface area contributed by atoms with Gasteiger partial charge in [0.05, 0.1) is 11.4 Å². The molecule has 0 aromatic heterocycles. The van der Waals surface area contributed by atoms with Crippen molar-refractivity contribution in [2.45, 2.75) is 54.1 Å². The number of rotatable bonds is 6. The van der Waals surface area contributed by atoms with Gasteiger partial charge in [0.25, 0.3) is 0 Å². The van der Waals surface area contributed by atoms with Gasteiger partial charge in [-0.2, -0.15) is 0 Å². The predicted octanol–water partition coefficient (Wildman–Crippen LogP) is 6.81. The summed E-state index contributed by atoms with van der Waals surface area (Å²) in [6.07, 6.45) is 4.84. The molecule has 2 aromatic carbocycles. The van der Waals surface area contributed by atoms with Crippen molar-refractivity contribution in [3.63, 3.8) is 0 Å². The molecular weight excluding hydrogens is 366 g/mol. The maximum absolute atomic E-state index is 3.83. The molecule has 122 valence electrons. The minimum Gasteiger partial charge on any atom is -0.340 e. The fourth-order valence-electron chi connectivity index (χ4n) is 3.26. The van der Waals surface area contributed by atoms with Crippen molar-refractivity contribution in [1.82, 2.24) is 0 Å². The number of fused-ring (bicyclic) bond motifs is 2. The lowest BCUT2D eigenvalue weighted by atomic mass is 10.0. The van der Waals surface area contributed by atoms with E-state index in [9.17, 15) is 0 Å². The molecule has 0 bridgehead atoms. The fraction of sp³-hybridized carbons (Fsp3) is 0.400. The number of para-hydroxylation sites is 2. The molecule has 0 saturated carbocycles. The van der Waals surface area contributed by atoms with Crippen LogP contribution in [-0.4, -0.2) is 11.4 Å². The third kappa shape index (κ3) is 3.61. The molecule has 3 heteroatoms. The Hall–Kier alpha value is -0.930. The molecule has 1 heterocycles. The van der Waals surface area contributed by atoms with Crippen molar-refractivity contribution < 1.29 is 0 Å². The van der Waals surface area contributed by atoms with E-state index in [2.05, 4.69) is 77.1 Å². The molecule has 0 aliphatic carbocycles. The van der Waals surface area contributed by atoms with Crippen molar-refractivity contribution in [1.29, 1.82) is 0 Å². The molecule has 0 radical (unpaired) electrons. The summed E-state index contributed by atoms with van der Waals surface area (Å²) >= 11 is 5.74. The number of aryl methyl sites for hydroxylation is 1. The SMILES string of the molecule is CCCC(Br)CCc1cccc2c1N(CC)c1ccccc1S2. The number of alkyl halides is 1. The zero-order chi connectivity index (χ0) is 16.2. The minimum atomic E-state index is 0.627. The van der Waals surface area contributed by atoms with Gasteiger partial charge in [-0.25, -0.2) is 0 Å². The Morgan fingerprint density at radius 2 is 1.78 bits per heavy atom. The molecule has 3 rings (SSSR count). The van der Waals surface area contributed by atoms with E-state index in [1.165, 1.54) is 46.0 Å². The maximum Gasteiger partial charge on any atom is 0.0585 e. The summed E-state index contributed by atoms with van der Waals surface area (Å²) in [5.41, 5.74) is 4.26. The van der Waals surface area contributed by atoms with E-state index < -0.39 is 0 Å². The smallest absolute Gasteiger partial charge is 0.0585 e. The van der Waals surface area contributed by atoms with E-state index in [0.29, 0.717) is 4.83 Å². The highest BCUT2D eigenvalue weighted by Crippen LogP contribution is 2.49. The Kier molecular flexibility index (Phi) is 5.71. The average Bonchev–Trinajstić information content (AvgIpc) is 2.58. The molecule has 0 fully saturated rings. The molecule has 1 nitrogen and oxygen atoms in total. The third-order valence-electron chi connectivity index (χ3n) is 4.37. The highest BCUT2D eigenvalue weighted by atomic mass is 79.9. The topological polar surface area (TPSA) is 3.24 Å². The molecule has 2 aromatic rings. The van der Waals surface area contributed by atoms with Gasteiger partial charge < -0.3 is 4.90 Å².